The number of hydrogen-bond donors (Lipinski definition) is 2. The highest BCUT2D eigenvalue weighted by molar-refractivity contribution is 6.07. The van der Waals surface area contributed by atoms with Gasteiger partial charge in [-0.05, 0) is 86.9 Å². The SMILES string of the molecule is CCOc1ccc2nc3cc(N=Nc4c(C)c(CN(CC)CC)cc(C)c4O)ccc3c(N)c2c1. The van der Waals surface area contributed by atoms with Crippen molar-refractivity contribution in [1.29, 1.82) is 0 Å². The molecule has 0 aliphatic carbocycles. The fourth-order valence-corrected chi connectivity index (χ4v) is 4.30. The number of nitrogens with zero attached hydrogens (tertiary/aromatic N) is 4. The zero-order valence-corrected chi connectivity index (χ0v) is 21.1. The number of phenols is 1. The molecule has 0 saturated carbocycles. The average molecular weight is 472 g/mol. The number of hydrogen-bond acceptors (Lipinski definition) is 7. The number of aromatic hydroxyl groups is 1. The molecule has 182 valence electrons. The smallest absolute Gasteiger partial charge is 0.146 e. The van der Waals surface area contributed by atoms with E-state index in [4.69, 9.17) is 15.5 Å². The first-order valence-electron chi connectivity index (χ1n) is 12.1. The first-order chi connectivity index (χ1) is 16.9. The van der Waals surface area contributed by atoms with E-state index >= 15 is 0 Å². The number of aryl methyl sites for hydroxylation is 1. The molecule has 7 nitrogen and oxygen atoms in total. The highest BCUT2D eigenvalue weighted by Gasteiger charge is 2.15. The van der Waals surface area contributed by atoms with Gasteiger partial charge in [-0.25, -0.2) is 4.98 Å². The number of azo groups is 1. The fraction of sp³-hybridized carbons (Fsp3) is 0.321. The minimum atomic E-state index is 0.161. The Bertz CT molecular complexity index is 1410. The van der Waals surface area contributed by atoms with Crippen molar-refractivity contribution in [2.45, 2.75) is 41.2 Å². The standard InChI is InChI=1S/C28H33N5O2/c1-6-33(7-2)16-19-13-17(4)28(34)27(18(19)5)32-31-20-9-11-22-25(14-20)30-24-12-10-21(35-8-3)15-23(24)26(22)29/h9-15,34H,6-8,16H2,1-5H3,(H2,29,30). The van der Waals surface area contributed by atoms with E-state index in [0.29, 0.717) is 23.7 Å². The number of nitrogens with two attached hydrogens (primary N) is 1. The van der Waals surface area contributed by atoms with Crippen LogP contribution in [0.3, 0.4) is 0 Å². The molecule has 4 rings (SSSR count). The zero-order valence-electron chi connectivity index (χ0n) is 21.1. The fourth-order valence-electron chi connectivity index (χ4n) is 4.30. The molecular weight excluding hydrogens is 438 g/mol. The highest BCUT2D eigenvalue weighted by Crippen LogP contribution is 2.38. The van der Waals surface area contributed by atoms with Crippen LogP contribution in [0.15, 0.2) is 52.7 Å². The Balaban J connectivity index is 1.72. The van der Waals surface area contributed by atoms with Gasteiger partial charge in [-0.1, -0.05) is 19.9 Å². The predicted molar refractivity (Wildman–Crippen MR) is 143 cm³/mol. The van der Waals surface area contributed by atoms with Crippen LogP contribution in [0.5, 0.6) is 11.5 Å². The van der Waals surface area contributed by atoms with Crippen LogP contribution in [0.4, 0.5) is 17.1 Å². The number of aromatic nitrogens is 1. The van der Waals surface area contributed by atoms with Gasteiger partial charge in [-0.15, -0.1) is 5.11 Å². The number of pyridine rings is 1. The Hall–Kier alpha value is -3.71. The number of fused-ring (bicyclic) bond motifs is 2. The third kappa shape index (κ3) is 4.91. The maximum atomic E-state index is 10.7. The summed E-state index contributed by atoms with van der Waals surface area (Å²) in [6, 6.07) is 13.4. The summed E-state index contributed by atoms with van der Waals surface area (Å²) in [6.07, 6.45) is 0. The summed E-state index contributed by atoms with van der Waals surface area (Å²) < 4.78 is 5.61. The average Bonchev–Trinajstić information content (AvgIpc) is 2.86. The van der Waals surface area contributed by atoms with Crippen LogP contribution in [-0.2, 0) is 6.54 Å². The van der Waals surface area contributed by atoms with E-state index in [1.165, 1.54) is 0 Å². The van der Waals surface area contributed by atoms with E-state index in [-0.39, 0.29) is 5.75 Å². The molecule has 0 atom stereocenters. The van der Waals surface area contributed by atoms with Crippen molar-refractivity contribution in [3.05, 3.63) is 59.2 Å². The second kappa shape index (κ2) is 10.3. The lowest BCUT2D eigenvalue weighted by atomic mass is 10.0. The highest BCUT2D eigenvalue weighted by atomic mass is 16.5. The molecule has 0 radical (unpaired) electrons. The van der Waals surface area contributed by atoms with Crippen molar-refractivity contribution < 1.29 is 9.84 Å². The number of ether oxygens (including phenoxy) is 1. The third-order valence-electron chi connectivity index (χ3n) is 6.46. The molecule has 4 aromatic rings. The van der Waals surface area contributed by atoms with Crippen LogP contribution in [0, 0.1) is 13.8 Å². The Morgan fingerprint density at radius 2 is 1.71 bits per heavy atom. The Kier molecular flexibility index (Phi) is 7.17. The van der Waals surface area contributed by atoms with E-state index in [0.717, 1.165) is 63.9 Å². The summed E-state index contributed by atoms with van der Waals surface area (Å²) in [4.78, 5) is 7.11. The first-order valence-corrected chi connectivity index (χ1v) is 12.1. The third-order valence-corrected chi connectivity index (χ3v) is 6.46. The molecule has 0 spiro atoms. The zero-order chi connectivity index (χ0) is 25.1. The summed E-state index contributed by atoms with van der Waals surface area (Å²) in [6.45, 7) is 13.4. The molecule has 7 heteroatoms. The lowest BCUT2D eigenvalue weighted by molar-refractivity contribution is 0.295. The van der Waals surface area contributed by atoms with Crippen molar-refractivity contribution in [3.8, 4) is 11.5 Å². The van der Waals surface area contributed by atoms with E-state index < -0.39 is 0 Å². The molecule has 0 fully saturated rings. The maximum Gasteiger partial charge on any atom is 0.146 e. The molecule has 0 aliphatic heterocycles. The van der Waals surface area contributed by atoms with Crippen LogP contribution in [0.2, 0.25) is 0 Å². The lowest BCUT2D eigenvalue weighted by Crippen LogP contribution is -2.22. The van der Waals surface area contributed by atoms with Gasteiger partial charge in [-0.2, -0.15) is 5.11 Å². The van der Waals surface area contributed by atoms with Crippen LogP contribution in [-0.4, -0.2) is 34.7 Å². The van der Waals surface area contributed by atoms with E-state index in [1.807, 2.05) is 63.2 Å². The van der Waals surface area contributed by atoms with Gasteiger partial charge < -0.3 is 15.6 Å². The Labute approximate surface area is 206 Å². The number of nitrogen functional groups attached to an aromatic ring is 1. The lowest BCUT2D eigenvalue weighted by Gasteiger charge is -2.21. The molecule has 0 saturated heterocycles. The summed E-state index contributed by atoms with van der Waals surface area (Å²) in [5.41, 5.74) is 12.7. The largest absolute Gasteiger partial charge is 0.505 e. The van der Waals surface area contributed by atoms with Crippen LogP contribution < -0.4 is 10.5 Å². The second-order valence-electron chi connectivity index (χ2n) is 8.68. The molecule has 3 N–H and O–H groups in total. The van der Waals surface area contributed by atoms with E-state index in [9.17, 15) is 5.11 Å². The van der Waals surface area contributed by atoms with Crippen molar-refractivity contribution in [2.75, 3.05) is 25.4 Å². The number of benzene rings is 3. The minimum Gasteiger partial charge on any atom is -0.505 e. The van der Waals surface area contributed by atoms with Gasteiger partial charge in [-0.3, -0.25) is 4.90 Å². The molecule has 0 unspecified atom stereocenters. The molecule has 1 aromatic heterocycles. The number of phenolic OH excluding ortho intramolecular Hbond substituents is 1. The Morgan fingerprint density at radius 1 is 0.943 bits per heavy atom. The van der Waals surface area contributed by atoms with Gasteiger partial charge >= 0.3 is 0 Å². The molecule has 3 aromatic carbocycles. The molecular formula is C28H33N5O2. The van der Waals surface area contributed by atoms with Gasteiger partial charge in [0, 0.05) is 17.3 Å². The minimum absolute atomic E-state index is 0.161. The number of rotatable bonds is 8. The predicted octanol–water partition coefficient (Wildman–Crippen LogP) is 6.95. The van der Waals surface area contributed by atoms with Crippen molar-refractivity contribution in [3.63, 3.8) is 0 Å². The normalized spacial score (nSPS) is 11.8. The van der Waals surface area contributed by atoms with Gasteiger partial charge in [0.25, 0.3) is 0 Å². The van der Waals surface area contributed by atoms with E-state index in [1.54, 1.807) is 0 Å². The maximum absolute atomic E-state index is 10.7. The molecule has 35 heavy (non-hydrogen) atoms. The van der Waals surface area contributed by atoms with Crippen molar-refractivity contribution in [1.82, 2.24) is 9.88 Å². The van der Waals surface area contributed by atoms with Gasteiger partial charge in [0.15, 0.2) is 0 Å². The van der Waals surface area contributed by atoms with Crippen LogP contribution >= 0.6 is 0 Å². The van der Waals surface area contributed by atoms with Gasteiger partial charge in [0.1, 0.15) is 17.2 Å². The number of anilines is 1. The molecule has 0 bridgehead atoms. The first kappa shape index (κ1) is 24.4. The summed E-state index contributed by atoms with van der Waals surface area (Å²) in [5, 5.41) is 21.3. The summed E-state index contributed by atoms with van der Waals surface area (Å²) in [5.74, 6) is 0.931. The molecule has 0 amide bonds. The molecule has 1 heterocycles. The van der Waals surface area contributed by atoms with Crippen molar-refractivity contribution >= 4 is 38.9 Å². The van der Waals surface area contributed by atoms with Crippen LogP contribution in [0.1, 0.15) is 37.5 Å². The van der Waals surface area contributed by atoms with Crippen molar-refractivity contribution in [2.24, 2.45) is 10.2 Å². The van der Waals surface area contributed by atoms with E-state index in [2.05, 4.69) is 29.0 Å². The quantitative estimate of drug-likeness (QED) is 0.214. The summed E-state index contributed by atoms with van der Waals surface area (Å²) in [7, 11) is 0. The Morgan fingerprint density at radius 3 is 2.43 bits per heavy atom. The second-order valence-corrected chi connectivity index (χ2v) is 8.68. The van der Waals surface area contributed by atoms with Crippen LogP contribution in [0.25, 0.3) is 21.8 Å². The van der Waals surface area contributed by atoms with Gasteiger partial charge in [0.05, 0.1) is 29.0 Å². The topological polar surface area (TPSA) is 96.3 Å². The summed E-state index contributed by atoms with van der Waals surface area (Å²) >= 11 is 0. The van der Waals surface area contributed by atoms with Gasteiger partial charge in [0.2, 0.25) is 0 Å². The monoisotopic (exact) mass is 471 g/mol. The molecule has 0 aliphatic rings.